The molecule has 1 amide bonds. The van der Waals surface area contributed by atoms with Gasteiger partial charge >= 0.3 is 0 Å². The molecule has 2 N–H and O–H groups in total. The Labute approximate surface area is 202 Å². The maximum atomic E-state index is 12.5. The molecule has 0 saturated carbocycles. The minimum absolute atomic E-state index is 0. The molecule has 2 atom stereocenters. The summed E-state index contributed by atoms with van der Waals surface area (Å²) in [5.41, 5.74) is 2.16. The van der Waals surface area contributed by atoms with E-state index in [0.717, 1.165) is 35.7 Å². The lowest BCUT2D eigenvalue weighted by Crippen LogP contribution is -2.42. The zero-order valence-electron chi connectivity index (χ0n) is 17.9. The monoisotopic (exact) mass is 485 g/mol. The van der Waals surface area contributed by atoms with E-state index in [1.807, 2.05) is 42.6 Å². The number of nitrogens with zero attached hydrogens (tertiary/aromatic N) is 1. The third-order valence-electron chi connectivity index (χ3n) is 4.97. The largest absolute Gasteiger partial charge is 0.494 e. The molecule has 2 unspecified atom stereocenters. The van der Waals surface area contributed by atoms with E-state index in [1.165, 1.54) is 25.7 Å². The van der Waals surface area contributed by atoms with Gasteiger partial charge in [-0.15, -0.1) is 36.6 Å². The first-order valence-electron chi connectivity index (χ1n) is 10.5. The number of ether oxygens (including phenoxy) is 1. The predicted octanol–water partition coefficient (Wildman–Crippen LogP) is 5.29. The molecule has 0 bridgehead atoms. The Morgan fingerprint density at radius 2 is 2.03 bits per heavy atom. The highest BCUT2D eigenvalue weighted by Crippen LogP contribution is 2.32. The van der Waals surface area contributed by atoms with E-state index in [1.54, 1.807) is 18.0 Å². The molecule has 1 aromatic heterocycles. The van der Waals surface area contributed by atoms with E-state index in [0.29, 0.717) is 6.54 Å². The molecule has 0 radical (unpaired) electrons. The van der Waals surface area contributed by atoms with E-state index in [4.69, 9.17) is 4.74 Å². The summed E-state index contributed by atoms with van der Waals surface area (Å²) in [4.78, 5) is 16.7. The van der Waals surface area contributed by atoms with Gasteiger partial charge in [0.05, 0.1) is 18.0 Å². The molecule has 5 nitrogen and oxygen atoms in total. The number of hydrogen-bond acceptors (Lipinski definition) is 5. The van der Waals surface area contributed by atoms with Crippen molar-refractivity contribution >= 4 is 42.5 Å². The topological polar surface area (TPSA) is 63.2 Å². The van der Waals surface area contributed by atoms with Gasteiger partial charge < -0.3 is 10.1 Å². The van der Waals surface area contributed by atoms with Crippen LogP contribution < -0.4 is 15.4 Å². The number of carbonyl (C=O) groups excluding carboxylic acids is 1. The van der Waals surface area contributed by atoms with E-state index in [-0.39, 0.29) is 42.1 Å². The number of nitrogens with one attached hydrogen (secondary N) is 2. The van der Waals surface area contributed by atoms with Crippen molar-refractivity contribution in [1.82, 2.24) is 15.6 Å². The van der Waals surface area contributed by atoms with Crippen molar-refractivity contribution in [2.45, 2.75) is 57.0 Å². The zero-order valence-corrected chi connectivity index (χ0v) is 20.4. The molecule has 1 aliphatic rings. The van der Waals surface area contributed by atoms with Gasteiger partial charge in [0.25, 0.3) is 0 Å². The molecule has 1 aliphatic heterocycles. The number of rotatable bonds is 11. The van der Waals surface area contributed by atoms with Crippen LogP contribution in [0.25, 0.3) is 0 Å². The fraction of sp³-hybridized carbons (Fsp3) is 0.478. The predicted molar refractivity (Wildman–Crippen MR) is 133 cm³/mol. The lowest BCUT2D eigenvalue weighted by molar-refractivity contribution is -0.122. The first-order valence-corrected chi connectivity index (χ1v) is 11.6. The molecule has 31 heavy (non-hydrogen) atoms. The Hall–Kier alpha value is -1.47. The maximum Gasteiger partial charge on any atom is 0.238 e. The van der Waals surface area contributed by atoms with E-state index < -0.39 is 0 Å². The van der Waals surface area contributed by atoms with Gasteiger partial charge in [-0.1, -0.05) is 50.8 Å². The SMILES string of the molecule is CCCCCCCOc1cccc(CNC(=O)C2CSC(c3cccnc3)N2)c1.Cl.Cl. The van der Waals surface area contributed by atoms with Crippen LogP contribution in [0, 0.1) is 0 Å². The zero-order chi connectivity index (χ0) is 20.3. The van der Waals surface area contributed by atoms with Crippen LogP contribution in [0.5, 0.6) is 5.75 Å². The summed E-state index contributed by atoms with van der Waals surface area (Å²) >= 11 is 1.74. The van der Waals surface area contributed by atoms with Crippen LogP contribution in [-0.2, 0) is 11.3 Å². The van der Waals surface area contributed by atoms with Crippen LogP contribution in [0.3, 0.4) is 0 Å². The first kappa shape index (κ1) is 27.6. The third-order valence-corrected chi connectivity index (χ3v) is 6.23. The van der Waals surface area contributed by atoms with Crippen LogP contribution in [0.4, 0.5) is 0 Å². The highest BCUT2D eigenvalue weighted by molar-refractivity contribution is 7.99. The summed E-state index contributed by atoms with van der Waals surface area (Å²) in [6.07, 6.45) is 9.75. The molecule has 0 aliphatic carbocycles. The Balaban J connectivity index is 0.00000240. The Morgan fingerprint density at radius 3 is 2.81 bits per heavy atom. The van der Waals surface area contributed by atoms with E-state index >= 15 is 0 Å². The summed E-state index contributed by atoms with van der Waals surface area (Å²) in [7, 11) is 0. The number of pyridine rings is 1. The highest BCUT2D eigenvalue weighted by atomic mass is 35.5. The molecule has 8 heteroatoms. The Morgan fingerprint density at radius 1 is 1.19 bits per heavy atom. The lowest BCUT2D eigenvalue weighted by atomic mass is 10.2. The lowest BCUT2D eigenvalue weighted by Gasteiger charge is -2.14. The van der Waals surface area contributed by atoms with E-state index in [9.17, 15) is 4.79 Å². The van der Waals surface area contributed by atoms with Crippen molar-refractivity contribution in [3.8, 4) is 5.75 Å². The van der Waals surface area contributed by atoms with Gasteiger partial charge in [-0.25, -0.2) is 0 Å². The van der Waals surface area contributed by atoms with Crippen molar-refractivity contribution in [3.05, 3.63) is 59.9 Å². The van der Waals surface area contributed by atoms with Crippen molar-refractivity contribution in [1.29, 1.82) is 0 Å². The molecule has 2 heterocycles. The molecular weight excluding hydrogens is 453 g/mol. The standard InChI is InChI=1S/C23H31N3O2S.2ClH/c1-2-3-4-5-6-13-28-20-11-7-9-18(14-20)15-25-22(27)21-17-29-23(26-21)19-10-8-12-24-16-19;;/h7-12,14,16,21,23,26H,2-6,13,15,17H2,1H3,(H,25,27);2*1H. The number of benzene rings is 1. The highest BCUT2D eigenvalue weighted by Gasteiger charge is 2.30. The average Bonchev–Trinajstić information content (AvgIpc) is 3.26. The van der Waals surface area contributed by atoms with Gasteiger partial charge in [0.2, 0.25) is 5.91 Å². The number of halogens is 2. The van der Waals surface area contributed by atoms with Crippen molar-refractivity contribution < 1.29 is 9.53 Å². The Bertz CT molecular complexity index is 767. The summed E-state index contributed by atoms with van der Waals surface area (Å²) in [6.45, 7) is 3.48. The number of unbranched alkanes of at least 4 members (excludes halogenated alkanes) is 4. The minimum atomic E-state index is -0.187. The number of amides is 1. The van der Waals surface area contributed by atoms with Gasteiger partial charge in [-0.2, -0.15) is 0 Å². The van der Waals surface area contributed by atoms with Crippen LogP contribution in [0.2, 0.25) is 0 Å². The maximum absolute atomic E-state index is 12.5. The molecule has 1 saturated heterocycles. The van der Waals surface area contributed by atoms with Gasteiger partial charge in [-0.3, -0.25) is 15.1 Å². The fourth-order valence-electron chi connectivity index (χ4n) is 3.30. The summed E-state index contributed by atoms with van der Waals surface area (Å²) in [6, 6.07) is 11.8. The number of hydrogen-bond donors (Lipinski definition) is 2. The first-order chi connectivity index (χ1) is 14.3. The van der Waals surface area contributed by atoms with Gasteiger partial charge in [0, 0.05) is 24.7 Å². The average molecular weight is 487 g/mol. The number of aromatic nitrogens is 1. The summed E-state index contributed by atoms with van der Waals surface area (Å²) < 4.78 is 5.86. The molecule has 172 valence electrons. The summed E-state index contributed by atoms with van der Waals surface area (Å²) in [5.74, 6) is 1.66. The van der Waals surface area contributed by atoms with Gasteiger partial charge in [-0.05, 0) is 35.7 Å². The second-order valence-electron chi connectivity index (χ2n) is 7.35. The van der Waals surface area contributed by atoms with Crippen LogP contribution in [-0.4, -0.2) is 29.3 Å². The molecular formula is C23H33Cl2N3O2S. The van der Waals surface area contributed by atoms with Crippen LogP contribution in [0.1, 0.15) is 55.5 Å². The molecule has 1 fully saturated rings. The molecule has 2 aromatic rings. The molecule has 3 rings (SSSR count). The minimum Gasteiger partial charge on any atom is -0.494 e. The third kappa shape index (κ3) is 9.27. The number of thioether (sulfide) groups is 1. The second-order valence-corrected chi connectivity index (χ2v) is 8.48. The second kappa shape index (κ2) is 15.4. The normalized spacial score (nSPS) is 17.3. The van der Waals surface area contributed by atoms with E-state index in [2.05, 4.69) is 22.5 Å². The van der Waals surface area contributed by atoms with Gasteiger partial charge in [0.15, 0.2) is 0 Å². The quantitative estimate of drug-likeness (QED) is 0.423. The van der Waals surface area contributed by atoms with Crippen molar-refractivity contribution in [2.75, 3.05) is 12.4 Å². The Kier molecular flexibility index (Phi) is 13.7. The molecule has 1 aromatic carbocycles. The van der Waals surface area contributed by atoms with Crippen molar-refractivity contribution in [3.63, 3.8) is 0 Å². The fourth-order valence-corrected chi connectivity index (χ4v) is 4.52. The number of carbonyl (C=O) groups is 1. The van der Waals surface area contributed by atoms with Crippen molar-refractivity contribution in [2.24, 2.45) is 0 Å². The molecule has 0 spiro atoms. The summed E-state index contributed by atoms with van der Waals surface area (Å²) in [5, 5.41) is 6.55. The smallest absolute Gasteiger partial charge is 0.238 e. The van der Waals surface area contributed by atoms with Crippen LogP contribution >= 0.6 is 36.6 Å². The van der Waals surface area contributed by atoms with Gasteiger partial charge in [0.1, 0.15) is 5.75 Å². The van der Waals surface area contributed by atoms with Crippen LogP contribution in [0.15, 0.2) is 48.8 Å².